The summed E-state index contributed by atoms with van der Waals surface area (Å²) in [6, 6.07) is 0. The fraction of sp³-hybridized carbons (Fsp3) is 0.500. The van der Waals surface area contributed by atoms with Crippen LogP contribution < -0.4 is 0 Å². The van der Waals surface area contributed by atoms with Crippen LogP contribution in [0.1, 0.15) is 20.3 Å². The molecule has 0 aliphatic heterocycles. The zero-order valence-electron chi connectivity index (χ0n) is 4.49. The van der Waals surface area contributed by atoms with Crippen molar-refractivity contribution in [3.63, 3.8) is 0 Å². The van der Waals surface area contributed by atoms with Crippen LogP contribution in [0.4, 0.5) is 0 Å². The Morgan fingerprint density at radius 2 is 2.33 bits per heavy atom. The second-order valence-electron chi connectivity index (χ2n) is 1.39. The Bertz CT molecular complexity index is 51.1. The van der Waals surface area contributed by atoms with Gasteiger partial charge in [0.1, 0.15) is 0 Å². The zero-order valence-corrected chi connectivity index (χ0v) is 4.49. The Balaban J connectivity index is 3.22. The average molecular weight is 83.2 g/mol. The van der Waals surface area contributed by atoms with Gasteiger partial charge in [0.15, 0.2) is 0 Å². The van der Waals surface area contributed by atoms with Crippen LogP contribution in [0.5, 0.6) is 0 Å². The van der Waals surface area contributed by atoms with E-state index in [0.717, 1.165) is 6.42 Å². The van der Waals surface area contributed by atoms with Crippen molar-refractivity contribution in [2.45, 2.75) is 20.3 Å². The van der Waals surface area contributed by atoms with Crippen LogP contribution >= 0.6 is 0 Å². The van der Waals surface area contributed by atoms with E-state index in [1.165, 1.54) is 5.57 Å². The first kappa shape index (κ1) is 5.74. The normalized spacial score (nSPS) is 12.2. The van der Waals surface area contributed by atoms with Crippen molar-refractivity contribution in [1.29, 1.82) is 0 Å². The molecule has 0 atom stereocenters. The van der Waals surface area contributed by atoms with Crippen molar-refractivity contribution in [2.75, 3.05) is 0 Å². The Morgan fingerprint density at radius 1 is 1.83 bits per heavy atom. The van der Waals surface area contributed by atoms with Gasteiger partial charge in [-0.3, -0.25) is 0 Å². The third-order valence-corrected chi connectivity index (χ3v) is 0.887. The third-order valence-electron chi connectivity index (χ3n) is 0.887. The Labute approximate surface area is 39.9 Å². The first-order valence-corrected chi connectivity index (χ1v) is 2.22. The summed E-state index contributed by atoms with van der Waals surface area (Å²) in [5.41, 5.74) is 1.36. The topological polar surface area (TPSA) is 0 Å². The van der Waals surface area contributed by atoms with Crippen molar-refractivity contribution in [3.8, 4) is 0 Å². The maximum Gasteiger partial charge on any atom is -0.0323 e. The monoisotopic (exact) mass is 83.1 g/mol. The number of hydrogen-bond donors (Lipinski definition) is 0. The van der Waals surface area contributed by atoms with Crippen LogP contribution in [0.2, 0.25) is 0 Å². The summed E-state index contributed by atoms with van der Waals surface area (Å²) in [5.74, 6) is 0. The molecule has 0 heterocycles. The summed E-state index contributed by atoms with van der Waals surface area (Å²) in [4.78, 5) is 0. The summed E-state index contributed by atoms with van der Waals surface area (Å²) in [5, 5.41) is 0. The van der Waals surface area contributed by atoms with Crippen LogP contribution in [0.15, 0.2) is 11.6 Å². The SMILES string of the molecule is [CH2]C/C(C)=C/C. The molecule has 0 fully saturated rings. The maximum absolute atomic E-state index is 3.69. The second-order valence-corrected chi connectivity index (χ2v) is 1.39. The van der Waals surface area contributed by atoms with Gasteiger partial charge in [0.25, 0.3) is 0 Å². The largest absolute Gasteiger partial charge is 0.0887 e. The lowest BCUT2D eigenvalue weighted by molar-refractivity contribution is 1.20. The molecule has 0 heteroatoms. The fourth-order valence-electron chi connectivity index (χ4n) is 0.144. The van der Waals surface area contributed by atoms with Crippen LogP contribution in [-0.4, -0.2) is 0 Å². The van der Waals surface area contributed by atoms with Gasteiger partial charge in [0.05, 0.1) is 0 Å². The van der Waals surface area contributed by atoms with Gasteiger partial charge in [-0.1, -0.05) is 11.6 Å². The van der Waals surface area contributed by atoms with Crippen molar-refractivity contribution in [2.24, 2.45) is 0 Å². The highest BCUT2D eigenvalue weighted by Gasteiger charge is 1.73. The molecule has 6 heavy (non-hydrogen) atoms. The molecule has 0 unspecified atom stereocenters. The van der Waals surface area contributed by atoms with Crippen LogP contribution in [0, 0.1) is 6.92 Å². The molecule has 0 saturated heterocycles. The minimum Gasteiger partial charge on any atom is -0.0887 e. The van der Waals surface area contributed by atoms with Gasteiger partial charge in [-0.2, -0.15) is 0 Å². The van der Waals surface area contributed by atoms with E-state index in [-0.39, 0.29) is 0 Å². The second kappa shape index (κ2) is 2.95. The van der Waals surface area contributed by atoms with E-state index >= 15 is 0 Å². The molecule has 0 spiro atoms. The minimum absolute atomic E-state index is 0.941. The molecule has 0 rings (SSSR count). The third kappa shape index (κ3) is 2.01. The Kier molecular flexibility index (Phi) is 2.82. The van der Waals surface area contributed by atoms with Gasteiger partial charge in [-0.05, 0) is 27.2 Å². The summed E-state index contributed by atoms with van der Waals surface area (Å²) in [6.45, 7) is 7.79. The molecule has 0 aromatic heterocycles. The van der Waals surface area contributed by atoms with E-state index in [1.54, 1.807) is 0 Å². The highest BCUT2D eigenvalue weighted by Crippen LogP contribution is 1.93. The molecule has 0 amide bonds. The standard InChI is InChI=1S/C6H11/c1-4-6(3)5-2/h5H,1,4H2,2-3H3/b6-5+. The molecule has 35 valence electrons. The van der Waals surface area contributed by atoms with Gasteiger partial charge in [-0.25, -0.2) is 0 Å². The average Bonchev–Trinajstić information content (AvgIpc) is 1.65. The van der Waals surface area contributed by atoms with E-state index in [0.29, 0.717) is 0 Å². The Morgan fingerprint density at radius 3 is 2.33 bits per heavy atom. The van der Waals surface area contributed by atoms with E-state index < -0.39 is 0 Å². The van der Waals surface area contributed by atoms with Crippen molar-refractivity contribution in [1.82, 2.24) is 0 Å². The van der Waals surface area contributed by atoms with Crippen molar-refractivity contribution in [3.05, 3.63) is 18.6 Å². The number of hydrogen-bond acceptors (Lipinski definition) is 0. The van der Waals surface area contributed by atoms with Gasteiger partial charge >= 0.3 is 0 Å². The minimum atomic E-state index is 0.941. The molecule has 1 radical (unpaired) electrons. The zero-order chi connectivity index (χ0) is 4.99. The summed E-state index contributed by atoms with van der Waals surface area (Å²) in [7, 11) is 0. The van der Waals surface area contributed by atoms with Crippen LogP contribution in [0.3, 0.4) is 0 Å². The summed E-state index contributed by atoms with van der Waals surface area (Å²) >= 11 is 0. The predicted octanol–water partition coefficient (Wildman–Crippen LogP) is 2.18. The van der Waals surface area contributed by atoms with Crippen LogP contribution in [0.25, 0.3) is 0 Å². The van der Waals surface area contributed by atoms with E-state index in [9.17, 15) is 0 Å². The predicted molar refractivity (Wildman–Crippen MR) is 29.4 cm³/mol. The smallest absolute Gasteiger partial charge is 0.0323 e. The van der Waals surface area contributed by atoms with Gasteiger partial charge in [0, 0.05) is 0 Å². The molecular formula is C6H11. The van der Waals surface area contributed by atoms with Crippen LogP contribution in [-0.2, 0) is 0 Å². The lowest BCUT2D eigenvalue weighted by Gasteiger charge is -1.84. The highest BCUT2D eigenvalue weighted by atomic mass is 13.8. The molecule has 0 N–H and O–H groups in total. The van der Waals surface area contributed by atoms with Gasteiger partial charge < -0.3 is 0 Å². The molecule has 0 aromatic carbocycles. The lowest BCUT2D eigenvalue weighted by atomic mass is 10.2. The van der Waals surface area contributed by atoms with E-state index in [2.05, 4.69) is 19.9 Å². The molecule has 0 aliphatic rings. The highest BCUT2D eigenvalue weighted by molar-refractivity contribution is 4.95. The first-order chi connectivity index (χ1) is 2.81. The Hall–Kier alpha value is -0.260. The van der Waals surface area contributed by atoms with Gasteiger partial charge in [-0.15, -0.1) is 0 Å². The quantitative estimate of drug-likeness (QED) is 0.426. The molecule has 0 aliphatic carbocycles. The van der Waals surface area contributed by atoms with Crippen molar-refractivity contribution >= 4 is 0 Å². The summed E-state index contributed by atoms with van der Waals surface area (Å²) < 4.78 is 0. The van der Waals surface area contributed by atoms with Gasteiger partial charge in [0.2, 0.25) is 0 Å². The molecule has 0 aromatic rings. The summed E-state index contributed by atoms with van der Waals surface area (Å²) in [6.07, 6.45) is 3.02. The van der Waals surface area contributed by atoms with E-state index in [1.807, 2.05) is 6.92 Å². The number of allylic oxidation sites excluding steroid dienone is 2. The molecular weight excluding hydrogens is 72.1 g/mol. The maximum atomic E-state index is 3.69. The number of rotatable bonds is 1. The molecule has 0 bridgehead atoms. The molecule has 0 saturated carbocycles. The first-order valence-electron chi connectivity index (χ1n) is 2.22. The molecule has 0 nitrogen and oxygen atoms in total. The lowest BCUT2D eigenvalue weighted by Crippen LogP contribution is -1.64. The van der Waals surface area contributed by atoms with Crippen molar-refractivity contribution < 1.29 is 0 Å². The fourth-order valence-corrected chi connectivity index (χ4v) is 0.144. The van der Waals surface area contributed by atoms with E-state index in [4.69, 9.17) is 0 Å².